The molecule has 1 fully saturated rings. The number of benzene rings is 2. The Morgan fingerprint density at radius 1 is 1.17 bits per heavy atom. The molecule has 1 saturated carbocycles. The summed E-state index contributed by atoms with van der Waals surface area (Å²) < 4.78 is 33.5. The quantitative estimate of drug-likeness (QED) is 0.665. The number of carbonyl (C=O) groups is 1. The molecule has 0 heterocycles. The molecular weight excluding hydrogens is 412 g/mol. The van der Waals surface area contributed by atoms with Crippen molar-refractivity contribution in [3.8, 4) is 5.75 Å². The van der Waals surface area contributed by atoms with Crippen LogP contribution in [-0.4, -0.2) is 33.5 Å². The standard InChI is InChI=1S/C21H25ClN2O4S/c1-28-20-12-11-17(14-18(20)22)29(26,27)24-19(13-15-7-3-2-4-8-15)21(25)23-16-9-5-6-10-16/h2-4,7-8,11-12,14,16,19,24H,5-6,9-10,13H2,1H3,(H,23,25). The Hall–Kier alpha value is -2.09. The Bertz CT molecular complexity index is 944. The van der Waals surface area contributed by atoms with Gasteiger partial charge >= 0.3 is 0 Å². The summed E-state index contributed by atoms with van der Waals surface area (Å²) in [5, 5.41) is 3.18. The van der Waals surface area contributed by atoms with Crippen molar-refractivity contribution in [2.24, 2.45) is 0 Å². The number of ether oxygens (including phenoxy) is 1. The van der Waals surface area contributed by atoms with Crippen molar-refractivity contribution >= 4 is 27.5 Å². The largest absolute Gasteiger partial charge is 0.495 e. The molecule has 1 atom stereocenters. The van der Waals surface area contributed by atoms with Crippen LogP contribution < -0.4 is 14.8 Å². The molecule has 1 aliphatic rings. The Morgan fingerprint density at radius 2 is 1.86 bits per heavy atom. The maximum absolute atomic E-state index is 12.9. The zero-order chi connectivity index (χ0) is 20.9. The molecule has 2 aromatic carbocycles. The summed E-state index contributed by atoms with van der Waals surface area (Å²) in [7, 11) is -2.50. The van der Waals surface area contributed by atoms with E-state index in [0.29, 0.717) is 5.75 Å². The third-order valence-corrected chi connectivity index (χ3v) is 6.80. The van der Waals surface area contributed by atoms with Gasteiger partial charge in [-0.15, -0.1) is 0 Å². The van der Waals surface area contributed by atoms with Crippen molar-refractivity contribution < 1.29 is 17.9 Å². The molecule has 0 aromatic heterocycles. The Kier molecular flexibility index (Phi) is 7.16. The molecule has 0 radical (unpaired) electrons. The topological polar surface area (TPSA) is 84.5 Å². The van der Waals surface area contributed by atoms with E-state index in [1.54, 1.807) is 0 Å². The highest BCUT2D eigenvalue weighted by Gasteiger charge is 2.28. The van der Waals surface area contributed by atoms with Crippen molar-refractivity contribution in [1.29, 1.82) is 0 Å². The van der Waals surface area contributed by atoms with Gasteiger partial charge in [-0.05, 0) is 43.0 Å². The minimum atomic E-state index is -3.96. The Balaban J connectivity index is 1.82. The van der Waals surface area contributed by atoms with Crippen LogP contribution in [0.25, 0.3) is 0 Å². The van der Waals surface area contributed by atoms with Crippen molar-refractivity contribution in [1.82, 2.24) is 10.0 Å². The van der Waals surface area contributed by atoms with E-state index < -0.39 is 16.1 Å². The number of methoxy groups -OCH3 is 1. The minimum Gasteiger partial charge on any atom is -0.495 e. The van der Waals surface area contributed by atoms with E-state index in [1.165, 1.54) is 25.3 Å². The van der Waals surface area contributed by atoms with Crippen molar-refractivity contribution in [2.45, 2.75) is 49.1 Å². The van der Waals surface area contributed by atoms with Gasteiger partial charge in [0, 0.05) is 6.04 Å². The smallest absolute Gasteiger partial charge is 0.241 e. The van der Waals surface area contributed by atoms with E-state index in [2.05, 4.69) is 10.0 Å². The minimum absolute atomic E-state index is 0.0185. The zero-order valence-electron chi connectivity index (χ0n) is 16.2. The highest BCUT2D eigenvalue weighted by Crippen LogP contribution is 2.27. The van der Waals surface area contributed by atoms with Crippen molar-refractivity contribution in [2.75, 3.05) is 7.11 Å². The molecule has 156 valence electrons. The summed E-state index contributed by atoms with van der Waals surface area (Å²) in [6.07, 6.45) is 4.24. The predicted molar refractivity (Wildman–Crippen MR) is 113 cm³/mol. The number of hydrogen-bond donors (Lipinski definition) is 2. The number of halogens is 1. The molecular formula is C21H25ClN2O4S. The molecule has 0 aliphatic heterocycles. The van der Waals surface area contributed by atoms with Gasteiger partial charge in [0.05, 0.1) is 17.0 Å². The number of sulfonamides is 1. The second-order valence-electron chi connectivity index (χ2n) is 7.15. The zero-order valence-corrected chi connectivity index (χ0v) is 17.8. The van der Waals surface area contributed by atoms with Gasteiger partial charge in [-0.3, -0.25) is 4.79 Å². The first-order valence-corrected chi connectivity index (χ1v) is 11.5. The van der Waals surface area contributed by atoms with E-state index in [1.807, 2.05) is 30.3 Å². The van der Waals surface area contributed by atoms with Crippen LogP contribution in [0.4, 0.5) is 0 Å². The predicted octanol–water partition coefficient (Wildman–Crippen LogP) is 3.30. The van der Waals surface area contributed by atoms with Crippen LogP contribution in [0.1, 0.15) is 31.2 Å². The molecule has 8 heteroatoms. The van der Waals surface area contributed by atoms with Crippen LogP contribution in [0.3, 0.4) is 0 Å². The van der Waals surface area contributed by atoms with Crippen LogP contribution in [0.15, 0.2) is 53.4 Å². The summed E-state index contributed by atoms with van der Waals surface area (Å²) in [5.41, 5.74) is 0.870. The fourth-order valence-corrected chi connectivity index (χ4v) is 5.02. The monoisotopic (exact) mass is 436 g/mol. The van der Waals surface area contributed by atoms with Crippen LogP contribution in [-0.2, 0) is 21.2 Å². The average molecular weight is 437 g/mol. The van der Waals surface area contributed by atoms with E-state index >= 15 is 0 Å². The van der Waals surface area contributed by atoms with Crippen LogP contribution in [0, 0.1) is 0 Å². The number of carbonyl (C=O) groups excluding carboxylic acids is 1. The second kappa shape index (κ2) is 9.61. The van der Waals surface area contributed by atoms with Gasteiger partial charge in [0.25, 0.3) is 0 Å². The van der Waals surface area contributed by atoms with E-state index in [9.17, 15) is 13.2 Å². The first-order chi connectivity index (χ1) is 13.9. The molecule has 6 nitrogen and oxygen atoms in total. The van der Waals surface area contributed by atoms with E-state index in [4.69, 9.17) is 16.3 Å². The second-order valence-corrected chi connectivity index (χ2v) is 9.27. The number of nitrogens with one attached hydrogen (secondary N) is 2. The van der Waals surface area contributed by atoms with Gasteiger partial charge in [0.1, 0.15) is 11.8 Å². The molecule has 0 spiro atoms. The van der Waals surface area contributed by atoms with Crippen molar-refractivity contribution in [3.63, 3.8) is 0 Å². The summed E-state index contributed by atoms with van der Waals surface area (Å²) in [6, 6.07) is 12.7. The lowest BCUT2D eigenvalue weighted by Gasteiger charge is -2.21. The van der Waals surface area contributed by atoms with E-state index in [0.717, 1.165) is 31.2 Å². The number of amides is 1. The molecule has 0 bridgehead atoms. The molecule has 3 rings (SSSR count). The number of hydrogen-bond acceptors (Lipinski definition) is 4. The first kappa shape index (κ1) is 21.6. The third kappa shape index (κ3) is 5.72. The molecule has 1 unspecified atom stereocenters. The summed E-state index contributed by atoms with van der Waals surface area (Å²) >= 11 is 6.08. The summed E-state index contributed by atoms with van der Waals surface area (Å²) in [4.78, 5) is 12.9. The Labute approximate surface area is 176 Å². The molecule has 29 heavy (non-hydrogen) atoms. The average Bonchev–Trinajstić information content (AvgIpc) is 3.21. The highest BCUT2D eigenvalue weighted by molar-refractivity contribution is 7.89. The Morgan fingerprint density at radius 3 is 2.48 bits per heavy atom. The molecule has 1 amide bonds. The third-order valence-electron chi connectivity index (χ3n) is 5.03. The lowest BCUT2D eigenvalue weighted by Crippen LogP contribution is -2.50. The van der Waals surface area contributed by atoms with Gasteiger partial charge in [-0.2, -0.15) is 4.72 Å². The van der Waals surface area contributed by atoms with Gasteiger partial charge < -0.3 is 10.1 Å². The SMILES string of the molecule is COc1ccc(S(=O)(=O)NC(Cc2ccccc2)C(=O)NC2CCCC2)cc1Cl. The fraction of sp³-hybridized carbons (Fsp3) is 0.381. The lowest BCUT2D eigenvalue weighted by molar-refractivity contribution is -0.123. The van der Waals surface area contributed by atoms with Crippen molar-refractivity contribution in [3.05, 3.63) is 59.1 Å². The van der Waals surface area contributed by atoms with Crippen LogP contribution in [0.2, 0.25) is 5.02 Å². The molecule has 2 N–H and O–H groups in total. The van der Waals surface area contributed by atoms with Gasteiger partial charge in [-0.25, -0.2) is 8.42 Å². The number of rotatable bonds is 8. The summed E-state index contributed by atoms with van der Waals surface area (Å²) in [5.74, 6) is 0.0642. The maximum Gasteiger partial charge on any atom is 0.241 e. The highest BCUT2D eigenvalue weighted by atomic mass is 35.5. The molecule has 0 saturated heterocycles. The first-order valence-electron chi connectivity index (χ1n) is 9.59. The lowest BCUT2D eigenvalue weighted by atomic mass is 10.1. The molecule has 1 aliphatic carbocycles. The maximum atomic E-state index is 12.9. The van der Waals surface area contributed by atoms with Crippen LogP contribution >= 0.6 is 11.6 Å². The molecule has 2 aromatic rings. The normalized spacial score (nSPS) is 15.8. The van der Waals surface area contributed by atoms with Gasteiger partial charge in [-0.1, -0.05) is 54.8 Å². The van der Waals surface area contributed by atoms with E-state index in [-0.39, 0.29) is 28.3 Å². The van der Waals surface area contributed by atoms with Gasteiger partial charge in [0.2, 0.25) is 15.9 Å². The van der Waals surface area contributed by atoms with Crippen LogP contribution in [0.5, 0.6) is 5.75 Å². The summed E-state index contributed by atoms with van der Waals surface area (Å²) in [6.45, 7) is 0. The van der Waals surface area contributed by atoms with Gasteiger partial charge in [0.15, 0.2) is 0 Å². The fourth-order valence-electron chi connectivity index (χ4n) is 3.48.